The first-order valence-corrected chi connectivity index (χ1v) is 50.8. The number of nitrogens with one attached hydrogen (secondary N) is 14. The Bertz CT molecular complexity index is 8260. The lowest BCUT2D eigenvalue weighted by molar-refractivity contribution is -0.114. The number of halogens is 3. The van der Waals surface area contributed by atoms with Crippen molar-refractivity contribution in [3.05, 3.63) is 349 Å². The molecule has 0 aliphatic carbocycles. The maximum atomic E-state index is 14.8. The highest BCUT2D eigenvalue weighted by Crippen LogP contribution is 2.44. The number of rotatable bonds is 15. The molecule has 0 spiro atoms. The van der Waals surface area contributed by atoms with Crippen LogP contribution in [0.25, 0.3) is 133 Å². The number of likely N-dealkylation sites (tertiary alicyclic amines) is 2. The van der Waals surface area contributed by atoms with E-state index in [0.717, 1.165) is 201 Å². The summed E-state index contributed by atoms with van der Waals surface area (Å²) in [6, 6.07) is 77.3. The van der Waals surface area contributed by atoms with Gasteiger partial charge in [-0.05, 0) is 281 Å². The summed E-state index contributed by atoms with van der Waals surface area (Å²) in [6.07, 6.45) is 10.6. The Balaban J connectivity index is 0.000000104. The molecular formula is C120H114F3N17O8. The molecule has 28 heteroatoms. The number of amides is 8. The summed E-state index contributed by atoms with van der Waals surface area (Å²) >= 11 is 0. The third-order valence-corrected chi connectivity index (χ3v) is 29.2. The largest absolute Gasteiger partial charge is 0.354 e. The van der Waals surface area contributed by atoms with Crippen LogP contribution in [-0.2, 0) is 62.8 Å². The number of aromatic amines is 6. The van der Waals surface area contributed by atoms with Crippen molar-refractivity contribution in [1.29, 1.82) is 0 Å². The van der Waals surface area contributed by atoms with E-state index in [1.165, 1.54) is 91.2 Å². The van der Waals surface area contributed by atoms with Crippen LogP contribution in [0.3, 0.4) is 0 Å². The SMILES string of the molecule is CC(=O)Nc1ccc(F)cc1-c1[nH]c2cccc3c2c1CCNC3=O.CN(C)Cc1ccc(-c2[nH]c3cccc4c3c2CCNC4=O)cc1F.CNC(=O)c1[nH]c2cccc3c2c1CCNC3=O.O=C1NCCc2c(-c3ccc(CCN4CCCC4)cc3)[nH]c3cccc1c23.O=C1NCCc2c(-c3ccc(CN4CCCC4)c(F)c3)[nH]c3cccc1c23.O=C1NCCc2c(-c3cccc(-c4ccccc4)c3)[nH]c3cccc1c23. The van der Waals surface area contributed by atoms with Crippen LogP contribution < -0.4 is 42.5 Å². The molecule has 8 aliphatic rings. The molecule has 26 rings (SSSR count). The summed E-state index contributed by atoms with van der Waals surface area (Å²) < 4.78 is 43.2. The van der Waals surface area contributed by atoms with Gasteiger partial charge in [-0.1, -0.05) is 133 Å². The normalized spacial score (nSPS) is 15.0. The molecule has 14 heterocycles. The highest BCUT2D eigenvalue weighted by molar-refractivity contribution is 6.16. The van der Waals surface area contributed by atoms with Crippen LogP contribution >= 0.6 is 0 Å². The Kier molecular flexibility index (Phi) is 28.0. The third kappa shape index (κ3) is 19.9. The van der Waals surface area contributed by atoms with Gasteiger partial charge in [-0.15, -0.1) is 0 Å². The predicted octanol–water partition coefficient (Wildman–Crippen LogP) is 19.8. The minimum atomic E-state index is -0.391. The fourth-order valence-corrected chi connectivity index (χ4v) is 22.3. The minimum absolute atomic E-state index is 0.0120. The van der Waals surface area contributed by atoms with Crippen LogP contribution in [0.1, 0.15) is 155 Å². The van der Waals surface area contributed by atoms with Crippen molar-refractivity contribution in [2.45, 2.75) is 90.6 Å². The number of nitrogens with zero attached hydrogens (tertiary/aromatic N) is 3. The van der Waals surface area contributed by atoms with Crippen LogP contribution in [0.5, 0.6) is 0 Å². The minimum Gasteiger partial charge on any atom is -0.354 e. The third-order valence-electron chi connectivity index (χ3n) is 29.2. The van der Waals surface area contributed by atoms with Gasteiger partial charge >= 0.3 is 0 Å². The smallest absolute Gasteiger partial charge is 0.267 e. The lowest BCUT2D eigenvalue weighted by Gasteiger charge is -2.15. The monoisotopic (exact) mass is 1980 g/mol. The maximum absolute atomic E-state index is 14.8. The van der Waals surface area contributed by atoms with Gasteiger partial charge in [0.1, 0.15) is 23.1 Å². The Labute approximate surface area is 852 Å². The molecule has 0 radical (unpaired) electrons. The zero-order chi connectivity index (χ0) is 102. The summed E-state index contributed by atoms with van der Waals surface area (Å²) in [4.78, 5) is 124. The highest BCUT2D eigenvalue weighted by Gasteiger charge is 2.32. The van der Waals surface area contributed by atoms with E-state index in [2.05, 4.69) is 161 Å². The number of hydrogen-bond acceptors (Lipinski definition) is 11. The van der Waals surface area contributed by atoms with E-state index < -0.39 is 5.82 Å². The predicted molar refractivity (Wildman–Crippen MR) is 577 cm³/mol. The van der Waals surface area contributed by atoms with E-state index in [1.807, 2.05) is 140 Å². The van der Waals surface area contributed by atoms with Gasteiger partial charge in [-0.3, -0.25) is 43.3 Å². The van der Waals surface area contributed by atoms with Crippen molar-refractivity contribution in [3.63, 3.8) is 0 Å². The summed E-state index contributed by atoms with van der Waals surface area (Å²) in [5.74, 6) is -1.39. The Morgan fingerprint density at radius 1 is 0.338 bits per heavy atom. The van der Waals surface area contributed by atoms with Gasteiger partial charge in [0.2, 0.25) is 5.91 Å². The number of anilines is 1. The van der Waals surface area contributed by atoms with Crippen LogP contribution in [0.4, 0.5) is 18.9 Å². The number of carbonyl (C=O) groups is 8. The van der Waals surface area contributed by atoms with Crippen molar-refractivity contribution >= 4 is 118 Å². The molecule has 14 N–H and O–H groups in total. The molecule has 148 heavy (non-hydrogen) atoms. The quantitative estimate of drug-likeness (QED) is 0.0457. The molecule has 0 unspecified atom stereocenters. The molecule has 6 aromatic heterocycles. The molecule has 0 saturated carbocycles. The van der Waals surface area contributed by atoms with Crippen molar-refractivity contribution < 1.29 is 51.5 Å². The lowest BCUT2D eigenvalue weighted by Crippen LogP contribution is -2.24. The van der Waals surface area contributed by atoms with Gasteiger partial charge in [0.15, 0.2) is 0 Å². The van der Waals surface area contributed by atoms with E-state index in [4.69, 9.17) is 0 Å². The van der Waals surface area contributed by atoms with Gasteiger partial charge in [-0.2, -0.15) is 0 Å². The fourth-order valence-electron chi connectivity index (χ4n) is 22.3. The zero-order valence-electron chi connectivity index (χ0n) is 82.8. The number of hydrogen-bond donors (Lipinski definition) is 14. The standard InChI is InChI=1S/C23H25N3O.C23H18N2O.C22H22FN3O.C20H20FN3O.C19H16FN3O2.C13H13N3O2/c27-23-19-4-3-5-20-21(19)18(10-12-24-23)22(25-20)17-8-6-16(7-9-17)11-15-26-13-1-2-14-26;26-23-19-10-5-11-20-21(19)18(12-13-24-23)22(25-20)17-9-4-8-16(14-17)15-6-2-1-3-7-15;23-18-12-14(6-7-15(18)13-26-10-1-2-11-26)21-16-8-9-24-22(27)17-4-3-5-19(25-21)20(16)17;1-24(2)11-13-7-6-12(10-16(13)21)19-14-8-9-22-20(25)15-4-3-5-17(23-19)18(14)15;1-10(24)22-15-6-5-11(20)9-14(15)18-12-7-8-21-19(25)13-3-2-4-16(23-18)17(12)13;1-14-13(18)11-7-5-6-15-12(17)8-3-2-4-9(16-11)10(7)8/h3-9,25H,1-2,10-15H2,(H,24,27);1-11,14,25H,12-13H2,(H,24,26);3-7,12,25H,1-2,8-11,13H2,(H,24,27);3-7,10,23H,8-9,11H2,1-2H3,(H,22,25);2-6,9,23H,7-8H2,1H3,(H,21,25)(H,22,24);2-4,16H,5-6H2,1H3,(H,14,18)(H,15,17). The van der Waals surface area contributed by atoms with Gasteiger partial charge < -0.3 is 82.2 Å². The Hall–Kier alpha value is -16.7. The van der Waals surface area contributed by atoms with Crippen LogP contribution in [0, 0.1) is 17.5 Å². The van der Waals surface area contributed by atoms with Gasteiger partial charge in [0, 0.05) is 222 Å². The fraction of sp³-hybridized carbons (Fsp3) is 0.233. The second-order valence-corrected chi connectivity index (χ2v) is 39.0. The summed E-state index contributed by atoms with van der Waals surface area (Å²) in [6.45, 7) is 12.0. The zero-order valence-corrected chi connectivity index (χ0v) is 82.8. The first-order valence-electron chi connectivity index (χ1n) is 50.8. The molecule has 25 nitrogen and oxygen atoms in total. The van der Waals surface area contributed by atoms with Crippen LogP contribution in [0.15, 0.2) is 243 Å². The highest BCUT2D eigenvalue weighted by atomic mass is 19.1. The van der Waals surface area contributed by atoms with E-state index in [1.54, 1.807) is 37.4 Å². The first kappa shape index (κ1) is 97.4. The molecule has 18 aromatic rings. The van der Waals surface area contributed by atoms with Crippen molar-refractivity contribution in [2.75, 3.05) is 98.5 Å². The van der Waals surface area contributed by atoms with Gasteiger partial charge in [0.25, 0.3) is 41.4 Å². The van der Waals surface area contributed by atoms with E-state index >= 15 is 0 Å². The van der Waals surface area contributed by atoms with Crippen molar-refractivity contribution in [2.24, 2.45) is 0 Å². The van der Waals surface area contributed by atoms with E-state index in [-0.39, 0.29) is 58.9 Å². The molecular weight excluding hydrogens is 1860 g/mol. The van der Waals surface area contributed by atoms with Crippen molar-refractivity contribution in [3.8, 4) is 67.4 Å². The van der Waals surface area contributed by atoms with Gasteiger partial charge in [0.05, 0.1) is 11.4 Å². The number of carbonyl (C=O) groups excluding carboxylic acids is 8. The summed E-state index contributed by atoms with van der Waals surface area (Å²) in [5.41, 5.74) is 31.9. The first-order chi connectivity index (χ1) is 72.1. The summed E-state index contributed by atoms with van der Waals surface area (Å²) in [7, 11) is 5.44. The summed E-state index contributed by atoms with van der Waals surface area (Å²) in [5, 5.41) is 28.7. The number of aromatic nitrogens is 6. The molecule has 8 amide bonds. The average Bonchev–Trinajstić information content (AvgIpc) is 1.60. The Morgan fingerprint density at radius 3 is 1.10 bits per heavy atom. The van der Waals surface area contributed by atoms with Crippen LogP contribution in [0.2, 0.25) is 0 Å². The maximum Gasteiger partial charge on any atom is 0.267 e. The molecule has 0 bridgehead atoms. The molecule has 2 fully saturated rings. The van der Waals surface area contributed by atoms with Crippen molar-refractivity contribution in [1.82, 2.24) is 81.8 Å². The second-order valence-electron chi connectivity index (χ2n) is 39.0. The number of H-pyrrole nitrogens is 6. The second kappa shape index (κ2) is 42.5. The lowest BCUT2D eigenvalue weighted by atomic mass is 9.97. The average molecular weight is 1980 g/mol. The topological polar surface area (TPSA) is 337 Å². The van der Waals surface area contributed by atoms with Crippen LogP contribution in [-0.4, -0.2) is 185 Å². The molecule has 8 aliphatic heterocycles. The molecule has 2 saturated heterocycles. The van der Waals surface area contributed by atoms with E-state index in [0.29, 0.717) is 110 Å². The van der Waals surface area contributed by atoms with Gasteiger partial charge in [-0.25, -0.2) is 13.2 Å². The van der Waals surface area contributed by atoms with E-state index in [9.17, 15) is 51.5 Å². The molecule has 12 aromatic carbocycles. The number of benzene rings is 12. The molecule has 748 valence electrons. The molecule has 0 atom stereocenters. The Morgan fingerprint density at radius 2 is 0.689 bits per heavy atom.